The Morgan fingerprint density at radius 3 is 2.60 bits per heavy atom. The van der Waals surface area contributed by atoms with Crippen molar-refractivity contribution >= 4 is 5.91 Å². The lowest BCUT2D eigenvalue weighted by Gasteiger charge is -2.23. The Morgan fingerprint density at radius 2 is 2.13 bits per heavy atom. The van der Waals surface area contributed by atoms with Crippen LogP contribution in [0.5, 0.6) is 0 Å². The Morgan fingerprint density at radius 1 is 1.47 bits per heavy atom. The number of hydrogen-bond acceptors (Lipinski definition) is 4. The molecular formula is C10H19NO4. The summed E-state index contributed by atoms with van der Waals surface area (Å²) in [6, 6.07) is -0.159. The highest BCUT2D eigenvalue weighted by Gasteiger charge is 2.26. The molecule has 0 radical (unpaired) electrons. The van der Waals surface area contributed by atoms with Crippen LogP contribution >= 0.6 is 0 Å². The third-order valence-corrected chi connectivity index (χ3v) is 2.54. The van der Waals surface area contributed by atoms with Crippen LogP contribution in [0, 0.1) is 5.92 Å². The largest absolute Gasteiger partial charge is 0.381 e. The predicted molar refractivity (Wildman–Crippen MR) is 54.3 cm³/mol. The fraction of sp³-hybridized carbons (Fsp3) is 0.900. The number of methoxy groups -OCH3 is 2. The number of hydrogen-bond donors (Lipinski definition) is 1. The van der Waals surface area contributed by atoms with Crippen LogP contribution in [0.3, 0.4) is 0 Å². The van der Waals surface area contributed by atoms with Gasteiger partial charge in [0, 0.05) is 20.8 Å². The van der Waals surface area contributed by atoms with Crippen LogP contribution in [0.15, 0.2) is 0 Å². The molecule has 0 aromatic heterocycles. The quantitative estimate of drug-likeness (QED) is 0.666. The lowest BCUT2D eigenvalue weighted by molar-refractivity contribution is -0.138. The second kappa shape index (κ2) is 6.05. The lowest BCUT2D eigenvalue weighted by atomic mass is 10.1. The van der Waals surface area contributed by atoms with Crippen molar-refractivity contribution in [3.8, 4) is 0 Å². The normalized spacial score (nSPS) is 23.1. The highest BCUT2D eigenvalue weighted by atomic mass is 16.7. The van der Waals surface area contributed by atoms with Crippen molar-refractivity contribution in [3.63, 3.8) is 0 Å². The molecule has 5 nitrogen and oxygen atoms in total. The van der Waals surface area contributed by atoms with E-state index in [1.54, 1.807) is 14.2 Å². The Bertz CT molecular complexity index is 200. The molecule has 0 aromatic rings. The van der Waals surface area contributed by atoms with E-state index < -0.39 is 6.29 Å². The van der Waals surface area contributed by atoms with Crippen molar-refractivity contribution in [2.75, 3.05) is 27.4 Å². The summed E-state index contributed by atoms with van der Waals surface area (Å²) in [6.45, 7) is 3.04. The van der Waals surface area contributed by atoms with Crippen LogP contribution in [0.2, 0.25) is 0 Å². The SMILES string of the molecule is COC(OC)C(C)NC(=O)C1CCOC1. The van der Waals surface area contributed by atoms with Crippen LogP contribution in [-0.4, -0.2) is 45.7 Å². The summed E-state index contributed by atoms with van der Waals surface area (Å²) in [4.78, 5) is 11.7. The van der Waals surface area contributed by atoms with Gasteiger partial charge in [-0.15, -0.1) is 0 Å². The second-order valence-corrected chi connectivity index (χ2v) is 3.70. The standard InChI is InChI=1S/C10H19NO4/c1-7(10(13-2)14-3)11-9(12)8-4-5-15-6-8/h7-8,10H,4-6H2,1-3H3,(H,11,12). The van der Waals surface area contributed by atoms with E-state index in [1.165, 1.54) is 0 Å². The third-order valence-electron chi connectivity index (χ3n) is 2.54. The minimum atomic E-state index is -0.406. The molecule has 1 rings (SSSR count). The third kappa shape index (κ3) is 3.44. The van der Waals surface area contributed by atoms with Gasteiger partial charge in [-0.3, -0.25) is 4.79 Å². The van der Waals surface area contributed by atoms with Crippen molar-refractivity contribution in [2.45, 2.75) is 25.7 Å². The predicted octanol–water partition coefficient (Wildman–Crippen LogP) is 0.147. The van der Waals surface area contributed by atoms with E-state index >= 15 is 0 Å². The summed E-state index contributed by atoms with van der Waals surface area (Å²) < 4.78 is 15.3. The Kier molecular flexibility index (Phi) is 5.01. The van der Waals surface area contributed by atoms with E-state index in [9.17, 15) is 4.79 Å². The first-order valence-electron chi connectivity index (χ1n) is 5.12. The molecule has 2 unspecified atom stereocenters. The maximum atomic E-state index is 11.7. The highest BCUT2D eigenvalue weighted by molar-refractivity contribution is 5.79. The average Bonchev–Trinajstić information content (AvgIpc) is 2.72. The zero-order chi connectivity index (χ0) is 11.3. The van der Waals surface area contributed by atoms with Crippen molar-refractivity contribution in [1.29, 1.82) is 0 Å². The van der Waals surface area contributed by atoms with Gasteiger partial charge in [-0.2, -0.15) is 0 Å². The summed E-state index contributed by atoms with van der Waals surface area (Å²) in [5, 5.41) is 2.85. The fourth-order valence-electron chi connectivity index (χ4n) is 1.66. The Labute approximate surface area is 90.1 Å². The van der Waals surface area contributed by atoms with Gasteiger partial charge in [-0.05, 0) is 13.3 Å². The van der Waals surface area contributed by atoms with Gasteiger partial charge in [-0.1, -0.05) is 0 Å². The van der Waals surface area contributed by atoms with E-state index in [0.717, 1.165) is 6.42 Å². The van der Waals surface area contributed by atoms with Crippen molar-refractivity contribution < 1.29 is 19.0 Å². The lowest BCUT2D eigenvalue weighted by Crippen LogP contribution is -2.45. The molecule has 0 aliphatic carbocycles. The molecule has 1 N–H and O–H groups in total. The van der Waals surface area contributed by atoms with Gasteiger partial charge in [0.2, 0.25) is 5.91 Å². The van der Waals surface area contributed by atoms with Crippen LogP contribution in [0.25, 0.3) is 0 Å². The van der Waals surface area contributed by atoms with Gasteiger partial charge >= 0.3 is 0 Å². The molecule has 1 aliphatic rings. The first kappa shape index (κ1) is 12.4. The van der Waals surface area contributed by atoms with Crippen molar-refractivity contribution in [2.24, 2.45) is 5.92 Å². The molecule has 88 valence electrons. The fourth-order valence-corrected chi connectivity index (χ4v) is 1.66. The monoisotopic (exact) mass is 217 g/mol. The topological polar surface area (TPSA) is 56.8 Å². The van der Waals surface area contributed by atoms with Crippen molar-refractivity contribution in [3.05, 3.63) is 0 Å². The van der Waals surface area contributed by atoms with Crippen LogP contribution < -0.4 is 5.32 Å². The highest BCUT2D eigenvalue weighted by Crippen LogP contribution is 2.12. The molecule has 5 heteroatoms. The molecule has 1 aliphatic heterocycles. The number of nitrogens with one attached hydrogen (secondary N) is 1. The molecule has 1 fully saturated rings. The molecule has 0 spiro atoms. The van der Waals surface area contributed by atoms with Gasteiger partial charge in [0.05, 0.1) is 18.6 Å². The second-order valence-electron chi connectivity index (χ2n) is 3.70. The zero-order valence-corrected chi connectivity index (χ0v) is 9.49. The first-order chi connectivity index (χ1) is 7.19. The summed E-state index contributed by atoms with van der Waals surface area (Å²) in [5.41, 5.74) is 0. The van der Waals surface area contributed by atoms with E-state index in [0.29, 0.717) is 13.2 Å². The summed E-state index contributed by atoms with van der Waals surface area (Å²) in [6.07, 6.45) is 0.389. The average molecular weight is 217 g/mol. The summed E-state index contributed by atoms with van der Waals surface area (Å²) in [5.74, 6) is -0.0130. The molecule has 0 aromatic carbocycles. The van der Waals surface area contributed by atoms with Crippen LogP contribution in [0.4, 0.5) is 0 Å². The van der Waals surface area contributed by atoms with E-state index in [-0.39, 0.29) is 17.9 Å². The maximum absolute atomic E-state index is 11.7. The summed E-state index contributed by atoms with van der Waals surface area (Å²) >= 11 is 0. The minimum absolute atomic E-state index is 0.0131. The van der Waals surface area contributed by atoms with Gasteiger partial charge in [0.15, 0.2) is 6.29 Å². The Balaban J connectivity index is 2.35. The molecule has 1 saturated heterocycles. The number of ether oxygens (including phenoxy) is 3. The molecule has 1 amide bonds. The number of carbonyl (C=O) groups is 1. The van der Waals surface area contributed by atoms with Crippen LogP contribution in [0.1, 0.15) is 13.3 Å². The van der Waals surface area contributed by atoms with E-state index in [2.05, 4.69) is 5.32 Å². The van der Waals surface area contributed by atoms with Crippen LogP contribution in [-0.2, 0) is 19.0 Å². The number of carbonyl (C=O) groups excluding carboxylic acids is 1. The number of amides is 1. The summed E-state index contributed by atoms with van der Waals surface area (Å²) in [7, 11) is 3.10. The molecular weight excluding hydrogens is 198 g/mol. The first-order valence-corrected chi connectivity index (χ1v) is 5.12. The van der Waals surface area contributed by atoms with Gasteiger partial charge < -0.3 is 19.5 Å². The Hall–Kier alpha value is -0.650. The van der Waals surface area contributed by atoms with Gasteiger partial charge in [0.25, 0.3) is 0 Å². The molecule has 15 heavy (non-hydrogen) atoms. The van der Waals surface area contributed by atoms with E-state index in [1.807, 2.05) is 6.92 Å². The van der Waals surface area contributed by atoms with Crippen molar-refractivity contribution in [1.82, 2.24) is 5.32 Å². The molecule has 1 heterocycles. The minimum Gasteiger partial charge on any atom is -0.381 e. The van der Waals surface area contributed by atoms with Gasteiger partial charge in [0.1, 0.15) is 0 Å². The maximum Gasteiger partial charge on any atom is 0.225 e. The van der Waals surface area contributed by atoms with Gasteiger partial charge in [-0.25, -0.2) is 0 Å². The zero-order valence-electron chi connectivity index (χ0n) is 9.49. The molecule has 2 atom stereocenters. The molecule has 0 bridgehead atoms. The smallest absolute Gasteiger partial charge is 0.225 e. The number of rotatable bonds is 5. The molecule has 0 saturated carbocycles. The van der Waals surface area contributed by atoms with E-state index in [4.69, 9.17) is 14.2 Å².